The van der Waals surface area contributed by atoms with Crippen molar-refractivity contribution in [3.8, 4) is 0 Å². The number of rotatable bonds is 1. The van der Waals surface area contributed by atoms with Crippen LogP contribution in [0, 0.1) is 11.8 Å². The fourth-order valence-corrected chi connectivity index (χ4v) is 2.87. The number of hydrogen-bond acceptors (Lipinski definition) is 2. The topological polar surface area (TPSA) is 34.1 Å². The lowest BCUT2D eigenvalue weighted by molar-refractivity contribution is -0.124. The highest BCUT2D eigenvalue weighted by Crippen LogP contribution is 2.36. The van der Waals surface area contributed by atoms with Crippen LogP contribution in [0.5, 0.6) is 0 Å². The van der Waals surface area contributed by atoms with Crippen molar-refractivity contribution in [2.24, 2.45) is 11.8 Å². The van der Waals surface area contributed by atoms with Gasteiger partial charge in [-0.05, 0) is 37.5 Å². The highest BCUT2D eigenvalue weighted by Gasteiger charge is 2.29. The van der Waals surface area contributed by atoms with Gasteiger partial charge in [-0.15, -0.1) is 0 Å². The monoisotopic (exact) mass is 194 g/mol. The summed E-state index contributed by atoms with van der Waals surface area (Å²) >= 11 is 0. The van der Waals surface area contributed by atoms with Crippen LogP contribution >= 0.6 is 0 Å². The molecule has 0 spiro atoms. The van der Waals surface area contributed by atoms with Gasteiger partial charge in [-0.25, -0.2) is 0 Å². The molecule has 78 valence electrons. The van der Waals surface area contributed by atoms with Gasteiger partial charge in [0, 0.05) is 25.7 Å². The summed E-state index contributed by atoms with van der Waals surface area (Å²) in [5, 5.41) is 0. The lowest BCUT2D eigenvalue weighted by atomic mass is 9.73. The van der Waals surface area contributed by atoms with Gasteiger partial charge in [0.15, 0.2) is 0 Å². The molecule has 0 aromatic carbocycles. The van der Waals surface area contributed by atoms with E-state index in [4.69, 9.17) is 0 Å². The maximum atomic E-state index is 11.1. The van der Waals surface area contributed by atoms with Crippen molar-refractivity contribution in [1.29, 1.82) is 0 Å². The summed E-state index contributed by atoms with van der Waals surface area (Å²) in [5.74, 6) is 2.35. The van der Waals surface area contributed by atoms with Crippen molar-refractivity contribution in [3.63, 3.8) is 0 Å². The molecule has 2 saturated carbocycles. The van der Waals surface area contributed by atoms with Crippen LogP contribution in [-0.2, 0) is 9.59 Å². The van der Waals surface area contributed by atoms with Crippen LogP contribution in [0.2, 0.25) is 0 Å². The van der Waals surface area contributed by atoms with E-state index < -0.39 is 0 Å². The summed E-state index contributed by atoms with van der Waals surface area (Å²) in [5.41, 5.74) is 0. The van der Waals surface area contributed by atoms with Gasteiger partial charge >= 0.3 is 0 Å². The zero-order valence-electron chi connectivity index (χ0n) is 8.63. The van der Waals surface area contributed by atoms with Crippen LogP contribution in [0.3, 0.4) is 0 Å². The van der Waals surface area contributed by atoms with Crippen molar-refractivity contribution in [1.82, 2.24) is 0 Å². The average Bonchev–Trinajstić information content (AvgIpc) is 2.21. The van der Waals surface area contributed by atoms with E-state index in [0.717, 1.165) is 63.2 Å². The van der Waals surface area contributed by atoms with E-state index in [9.17, 15) is 9.59 Å². The summed E-state index contributed by atoms with van der Waals surface area (Å²) in [6.45, 7) is 0. The third-order valence-corrected chi connectivity index (χ3v) is 3.84. The predicted molar refractivity (Wildman–Crippen MR) is 53.9 cm³/mol. The maximum Gasteiger partial charge on any atom is 0.132 e. The molecule has 0 bridgehead atoms. The first-order chi connectivity index (χ1) is 6.75. The van der Waals surface area contributed by atoms with Crippen molar-refractivity contribution in [2.45, 2.75) is 51.4 Å². The Morgan fingerprint density at radius 2 is 0.929 bits per heavy atom. The second kappa shape index (κ2) is 4.24. The second-order valence-corrected chi connectivity index (χ2v) is 4.75. The van der Waals surface area contributed by atoms with Gasteiger partial charge in [-0.2, -0.15) is 0 Å². The van der Waals surface area contributed by atoms with Crippen LogP contribution < -0.4 is 0 Å². The van der Waals surface area contributed by atoms with Gasteiger partial charge in [0.05, 0.1) is 0 Å². The van der Waals surface area contributed by atoms with Crippen molar-refractivity contribution in [2.75, 3.05) is 0 Å². The fourth-order valence-electron chi connectivity index (χ4n) is 2.87. The highest BCUT2D eigenvalue weighted by atomic mass is 16.1. The number of carbonyl (C=O) groups excluding carboxylic acids is 2. The molecule has 0 aliphatic heterocycles. The Hall–Kier alpha value is -0.660. The zero-order valence-corrected chi connectivity index (χ0v) is 8.63. The van der Waals surface area contributed by atoms with E-state index in [1.807, 2.05) is 0 Å². The molecule has 0 heterocycles. The molecular weight excluding hydrogens is 176 g/mol. The molecule has 0 aromatic rings. The molecule has 2 rings (SSSR count). The molecule has 0 radical (unpaired) electrons. The lowest BCUT2D eigenvalue weighted by Crippen LogP contribution is -2.25. The first-order valence-corrected chi connectivity index (χ1v) is 5.79. The molecule has 2 heteroatoms. The van der Waals surface area contributed by atoms with E-state index in [-0.39, 0.29) is 0 Å². The summed E-state index contributed by atoms with van der Waals surface area (Å²) < 4.78 is 0. The first kappa shape index (κ1) is 9.88. The third-order valence-electron chi connectivity index (χ3n) is 3.84. The van der Waals surface area contributed by atoms with Crippen LogP contribution in [0.4, 0.5) is 0 Å². The Morgan fingerprint density at radius 1 is 0.643 bits per heavy atom. The van der Waals surface area contributed by atoms with E-state index in [1.165, 1.54) is 0 Å². The highest BCUT2D eigenvalue weighted by molar-refractivity contribution is 5.79. The van der Waals surface area contributed by atoms with Gasteiger partial charge in [0.1, 0.15) is 11.6 Å². The second-order valence-electron chi connectivity index (χ2n) is 4.75. The van der Waals surface area contributed by atoms with Gasteiger partial charge in [-0.1, -0.05) is 0 Å². The Balaban J connectivity index is 1.83. The summed E-state index contributed by atoms with van der Waals surface area (Å²) in [4.78, 5) is 22.2. The smallest absolute Gasteiger partial charge is 0.132 e. The minimum absolute atomic E-state index is 0.438. The van der Waals surface area contributed by atoms with Crippen molar-refractivity contribution < 1.29 is 9.59 Å². The van der Waals surface area contributed by atoms with Gasteiger partial charge in [0.2, 0.25) is 0 Å². The molecule has 2 nitrogen and oxygen atoms in total. The quantitative estimate of drug-likeness (QED) is 0.642. The van der Waals surface area contributed by atoms with E-state index in [1.54, 1.807) is 0 Å². The van der Waals surface area contributed by atoms with Crippen LogP contribution in [0.1, 0.15) is 51.4 Å². The normalized spacial score (nSPS) is 26.9. The van der Waals surface area contributed by atoms with Crippen LogP contribution in [0.15, 0.2) is 0 Å². The first-order valence-electron chi connectivity index (χ1n) is 5.79. The number of ketones is 2. The number of Topliss-reactive ketones (excluding diaryl/α,β-unsaturated/α-hetero) is 2. The fraction of sp³-hybridized carbons (Fsp3) is 0.833. The predicted octanol–water partition coefficient (Wildman–Crippen LogP) is 2.51. The Kier molecular flexibility index (Phi) is 2.99. The van der Waals surface area contributed by atoms with E-state index >= 15 is 0 Å². The molecule has 0 saturated heterocycles. The van der Waals surface area contributed by atoms with Crippen molar-refractivity contribution in [3.05, 3.63) is 0 Å². The number of carbonyl (C=O) groups is 2. The summed E-state index contributed by atoms with van der Waals surface area (Å²) in [6, 6.07) is 0. The molecule has 0 aromatic heterocycles. The minimum atomic E-state index is 0.438. The molecule has 0 N–H and O–H groups in total. The Bertz CT molecular complexity index is 199. The largest absolute Gasteiger partial charge is 0.300 e. The molecule has 0 unspecified atom stereocenters. The molecule has 14 heavy (non-hydrogen) atoms. The van der Waals surface area contributed by atoms with Crippen LogP contribution in [-0.4, -0.2) is 11.6 Å². The third kappa shape index (κ3) is 2.23. The van der Waals surface area contributed by atoms with E-state index in [2.05, 4.69) is 0 Å². The standard InChI is InChI=1S/C12H18O2/c13-11-5-1-9(2-6-11)10-3-7-12(14)8-4-10/h9-10H,1-8H2. The summed E-state index contributed by atoms with van der Waals surface area (Å²) in [7, 11) is 0. The van der Waals surface area contributed by atoms with E-state index in [0.29, 0.717) is 11.6 Å². The molecule has 2 aliphatic carbocycles. The zero-order chi connectivity index (χ0) is 9.97. The summed E-state index contributed by atoms with van der Waals surface area (Å²) in [6.07, 6.45) is 7.47. The minimum Gasteiger partial charge on any atom is -0.300 e. The molecule has 0 amide bonds. The Morgan fingerprint density at radius 3 is 1.21 bits per heavy atom. The number of hydrogen-bond donors (Lipinski definition) is 0. The van der Waals surface area contributed by atoms with Crippen LogP contribution in [0.25, 0.3) is 0 Å². The molecule has 0 atom stereocenters. The maximum absolute atomic E-state index is 11.1. The molecule has 2 fully saturated rings. The van der Waals surface area contributed by atoms with Gasteiger partial charge < -0.3 is 0 Å². The Labute approximate surface area is 85.1 Å². The van der Waals surface area contributed by atoms with Crippen molar-refractivity contribution >= 4 is 11.6 Å². The lowest BCUT2D eigenvalue weighted by Gasteiger charge is -2.31. The molecule has 2 aliphatic rings. The SMILES string of the molecule is O=C1CCC(C2CCC(=O)CC2)CC1. The molecular formula is C12H18O2. The van der Waals surface area contributed by atoms with Gasteiger partial charge in [0.25, 0.3) is 0 Å². The average molecular weight is 194 g/mol. The van der Waals surface area contributed by atoms with Gasteiger partial charge in [-0.3, -0.25) is 9.59 Å².